The summed E-state index contributed by atoms with van der Waals surface area (Å²) in [5.74, 6) is 0. The molecule has 0 atom stereocenters. The first-order valence-corrected chi connectivity index (χ1v) is 6.31. The van der Waals surface area contributed by atoms with Gasteiger partial charge in [-0.05, 0) is 59.3 Å². The highest BCUT2D eigenvalue weighted by atomic mass is 127. The van der Waals surface area contributed by atoms with Crippen molar-refractivity contribution in [1.29, 1.82) is 5.26 Å². The van der Waals surface area contributed by atoms with Gasteiger partial charge in [0.1, 0.15) is 6.07 Å². The van der Waals surface area contributed by atoms with Crippen molar-refractivity contribution in [2.24, 2.45) is 0 Å². The molecule has 0 aromatic heterocycles. The predicted octanol–water partition coefficient (Wildman–Crippen LogP) is 4.21. The van der Waals surface area contributed by atoms with E-state index in [1.165, 1.54) is 3.57 Å². The van der Waals surface area contributed by atoms with Crippen molar-refractivity contribution in [3.05, 3.63) is 57.2 Å². The molecule has 0 unspecified atom stereocenters. The number of nitriles is 1. The van der Waals surface area contributed by atoms with Crippen LogP contribution in [0.2, 0.25) is 0 Å². The number of rotatable bonds is 2. The number of nitrogens with zero attached hydrogens (tertiary/aromatic N) is 1. The van der Waals surface area contributed by atoms with Gasteiger partial charge in [0.2, 0.25) is 0 Å². The Bertz CT molecular complexity index is 585. The maximum atomic E-state index is 9.08. The maximum Gasteiger partial charge on any atom is 0.101 e. The second-order valence-corrected chi connectivity index (χ2v) is 4.99. The Labute approximate surface area is 114 Å². The van der Waals surface area contributed by atoms with Crippen molar-refractivity contribution in [3.63, 3.8) is 0 Å². The number of hydrogen-bond donors (Lipinski definition) is 1. The number of para-hydroxylation sites is 1. The van der Waals surface area contributed by atoms with Crippen molar-refractivity contribution in [2.75, 3.05) is 5.32 Å². The van der Waals surface area contributed by atoms with E-state index in [4.69, 9.17) is 5.26 Å². The summed E-state index contributed by atoms with van der Waals surface area (Å²) in [5.41, 5.74) is 3.63. The van der Waals surface area contributed by atoms with Crippen LogP contribution in [0.5, 0.6) is 0 Å². The maximum absolute atomic E-state index is 9.08. The Morgan fingerprint density at radius 3 is 2.65 bits per heavy atom. The van der Waals surface area contributed by atoms with Gasteiger partial charge in [-0.2, -0.15) is 5.26 Å². The van der Waals surface area contributed by atoms with Crippen LogP contribution in [0.25, 0.3) is 0 Å². The lowest BCUT2D eigenvalue weighted by molar-refractivity contribution is 1.39. The minimum absolute atomic E-state index is 0.670. The average molecular weight is 334 g/mol. The Morgan fingerprint density at radius 2 is 1.94 bits per heavy atom. The van der Waals surface area contributed by atoms with Crippen molar-refractivity contribution < 1.29 is 0 Å². The standard InChI is InChI=1S/C14H11IN2/c1-10-4-2-5-11(9-16)14(10)17-13-7-3-6-12(15)8-13/h2-8,17H,1H3. The third-order valence-electron chi connectivity index (χ3n) is 2.49. The van der Waals surface area contributed by atoms with Crippen LogP contribution >= 0.6 is 22.6 Å². The zero-order valence-electron chi connectivity index (χ0n) is 9.37. The molecule has 0 aliphatic carbocycles. The smallest absolute Gasteiger partial charge is 0.101 e. The van der Waals surface area contributed by atoms with Gasteiger partial charge >= 0.3 is 0 Å². The van der Waals surface area contributed by atoms with Crippen molar-refractivity contribution in [2.45, 2.75) is 6.92 Å². The second-order valence-electron chi connectivity index (χ2n) is 3.74. The summed E-state index contributed by atoms with van der Waals surface area (Å²) in [6, 6.07) is 16.0. The zero-order chi connectivity index (χ0) is 12.3. The van der Waals surface area contributed by atoms with Gasteiger partial charge in [-0.1, -0.05) is 18.2 Å². The summed E-state index contributed by atoms with van der Waals surface area (Å²) < 4.78 is 1.17. The van der Waals surface area contributed by atoms with E-state index in [-0.39, 0.29) is 0 Å². The molecule has 2 rings (SSSR count). The number of aryl methyl sites for hydroxylation is 1. The van der Waals surface area contributed by atoms with E-state index in [1.807, 2.05) is 49.4 Å². The molecule has 2 aromatic carbocycles. The SMILES string of the molecule is Cc1cccc(C#N)c1Nc1cccc(I)c1. The van der Waals surface area contributed by atoms with Crippen LogP contribution in [0.3, 0.4) is 0 Å². The van der Waals surface area contributed by atoms with Gasteiger partial charge < -0.3 is 5.32 Å². The first-order valence-electron chi connectivity index (χ1n) is 5.23. The van der Waals surface area contributed by atoms with Gasteiger partial charge in [0.25, 0.3) is 0 Å². The Morgan fingerprint density at radius 1 is 1.18 bits per heavy atom. The van der Waals surface area contributed by atoms with E-state index in [0.29, 0.717) is 5.56 Å². The molecule has 2 aromatic rings. The molecular weight excluding hydrogens is 323 g/mol. The van der Waals surface area contributed by atoms with Crippen LogP contribution in [0.1, 0.15) is 11.1 Å². The van der Waals surface area contributed by atoms with Crippen molar-refractivity contribution in [3.8, 4) is 6.07 Å². The average Bonchev–Trinajstić information content (AvgIpc) is 2.32. The van der Waals surface area contributed by atoms with Crippen LogP contribution in [-0.2, 0) is 0 Å². The summed E-state index contributed by atoms with van der Waals surface area (Å²) in [5, 5.41) is 12.4. The number of anilines is 2. The Kier molecular flexibility index (Phi) is 3.64. The Hall–Kier alpha value is -1.54. The fourth-order valence-corrected chi connectivity index (χ4v) is 2.18. The van der Waals surface area contributed by atoms with Crippen LogP contribution in [0.4, 0.5) is 11.4 Å². The summed E-state index contributed by atoms with van der Waals surface area (Å²) >= 11 is 2.27. The van der Waals surface area contributed by atoms with E-state index in [2.05, 4.69) is 34.0 Å². The molecule has 17 heavy (non-hydrogen) atoms. The Balaban J connectivity index is 2.40. The van der Waals surface area contributed by atoms with Gasteiger partial charge in [-0.3, -0.25) is 0 Å². The molecule has 0 radical (unpaired) electrons. The quantitative estimate of drug-likeness (QED) is 0.835. The molecule has 2 nitrogen and oxygen atoms in total. The molecule has 0 aliphatic heterocycles. The minimum atomic E-state index is 0.670. The largest absolute Gasteiger partial charge is 0.354 e. The van der Waals surface area contributed by atoms with E-state index < -0.39 is 0 Å². The predicted molar refractivity (Wildman–Crippen MR) is 78.3 cm³/mol. The lowest BCUT2D eigenvalue weighted by atomic mass is 10.1. The lowest BCUT2D eigenvalue weighted by Gasteiger charge is -2.11. The molecule has 0 saturated carbocycles. The number of nitrogens with one attached hydrogen (secondary N) is 1. The molecule has 0 fully saturated rings. The van der Waals surface area contributed by atoms with Crippen molar-refractivity contribution in [1.82, 2.24) is 0 Å². The summed E-state index contributed by atoms with van der Waals surface area (Å²) in [7, 11) is 0. The fourth-order valence-electron chi connectivity index (χ4n) is 1.64. The molecule has 84 valence electrons. The van der Waals surface area contributed by atoms with Crippen LogP contribution in [0, 0.1) is 21.8 Å². The molecule has 0 amide bonds. The first-order chi connectivity index (χ1) is 8.20. The molecular formula is C14H11IN2. The zero-order valence-corrected chi connectivity index (χ0v) is 11.5. The molecule has 0 aliphatic rings. The van der Waals surface area contributed by atoms with E-state index in [9.17, 15) is 0 Å². The highest BCUT2D eigenvalue weighted by Crippen LogP contribution is 2.25. The molecule has 3 heteroatoms. The fraction of sp³-hybridized carbons (Fsp3) is 0.0714. The molecule has 1 N–H and O–H groups in total. The van der Waals surface area contributed by atoms with E-state index in [1.54, 1.807) is 0 Å². The van der Waals surface area contributed by atoms with E-state index >= 15 is 0 Å². The highest BCUT2D eigenvalue weighted by Gasteiger charge is 2.05. The molecule has 0 bridgehead atoms. The van der Waals surface area contributed by atoms with Crippen molar-refractivity contribution >= 4 is 34.0 Å². The third kappa shape index (κ3) is 2.77. The normalized spacial score (nSPS) is 9.71. The first kappa shape index (κ1) is 11.9. The second kappa shape index (κ2) is 5.19. The minimum Gasteiger partial charge on any atom is -0.354 e. The number of hydrogen-bond acceptors (Lipinski definition) is 2. The van der Waals surface area contributed by atoms with E-state index in [0.717, 1.165) is 16.9 Å². The highest BCUT2D eigenvalue weighted by molar-refractivity contribution is 14.1. The van der Waals surface area contributed by atoms with Gasteiger partial charge in [0.15, 0.2) is 0 Å². The lowest BCUT2D eigenvalue weighted by Crippen LogP contribution is -1.96. The number of benzene rings is 2. The summed E-state index contributed by atoms with van der Waals surface area (Å²) in [6.45, 7) is 2.00. The van der Waals surface area contributed by atoms with Crippen LogP contribution < -0.4 is 5.32 Å². The summed E-state index contributed by atoms with van der Waals surface area (Å²) in [4.78, 5) is 0. The molecule has 0 spiro atoms. The number of halogens is 1. The van der Waals surface area contributed by atoms with Gasteiger partial charge in [-0.15, -0.1) is 0 Å². The van der Waals surface area contributed by atoms with Gasteiger partial charge in [0, 0.05) is 9.26 Å². The van der Waals surface area contributed by atoms with Gasteiger partial charge in [-0.25, -0.2) is 0 Å². The third-order valence-corrected chi connectivity index (χ3v) is 3.16. The van der Waals surface area contributed by atoms with Crippen LogP contribution in [0.15, 0.2) is 42.5 Å². The summed E-state index contributed by atoms with van der Waals surface area (Å²) in [6.07, 6.45) is 0. The molecule has 0 saturated heterocycles. The van der Waals surface area contributed by atoms with Crippen LogP contribution in [-0.4, -0.2) is 0 Å². The molecule has 0 heterocycles. The topological polar surface area (TPSA) is 35.8 Å². The monoisotopic (exact) mass is 334 g/mol. The van der Waals surface area contributed by atoms with Gasteiger partial charge in [0.05, 0.1) is 11.3 Å².